The third kappa shape index (κ3) is 4.66. The lowest BCUT2D eigenvalue weighted by atomic mass is 9.93. The van der Waals surface area contributed by atoms with Crippen molar-refractivity contribution < 1.29 is 32.2 Å². The molecule has 1 aliphatic heterocycles. The Morgan fingerprint density at radius 2 is 1.78 bits per heavy atom. The highest BCUT2D eigenvalue weighted by Crippen LogP contribution is 2.43. The van der Waals surface area contributed by atoms with Crippen LogP contribution in [0, 0.1) is 0 Å². The van der Waals surface area contributed by atoms with Gasteiger partial charge < -0.3 is 19.7 Å². The molecule has 1 heterocycles. The van der Waals surface area contributed by atoms with Crippen LogP contribution in [0.25, 0.3) is 0 Å². The molecule has 170 valence electrons. The largest absolute Gasteiger partial charge is 0.454 e. The molecule has 6 nitrogen and oxygen atoms in total. The van der Waals surface area contributed by atoms with Crippen LogP contribution in [0.4, 0.5) is 18.9 Å². The second-order valence-electron chi connectivity index (χ2n) is 7.83. The summed E-state index contributed by atoms with van der Waals surface area (Å²) in [5, 5.41) is 2.46. The first-order chi connectivity index (χ1) is 15.3. The summed E-state index contributed by atoms with van der Waals surface area (Å²) in [6.45, 7) is -0.290. The minimum atomic E-state index is -4.56. The smallest absolute Gasteiger partial charge is 0.416 e. The molecular formula is C23H23F3N2O4. The fraction of sp³-hybridized carbons (Fsp3) is 0.391. The van der Waals surface area contributed by atoms with Gasteiger partial charge in [-0.3, -0.25) is 9.59 Å². The number of ether oxygens (including phenoxy) is 2. The van der Waals surface area contributed by atoms with Crippen molar-refractivity contribution in [2.75, 3.05) is 18.2 Å². The Hall–Kier alpha value is -3.23. The lowest BCUT2D eigenvalue weighted by molar-refractivity contribution is -0.137. The number of anilines is 1. The molecule has 0 aromatic heterocycles. The first-order valence-corrected chi connectivity index (χ1v) is 10.5. The molecule has 9 heteroatoms. The number of benzene rings is 2. The maximum absolute atomic E-state index is 13.2. The number of fused-ring (bicyclic) bond motifs is 1. The molecule has 0 atom stereocenters. The number of rotatable bonds is 5. The first-order valence-electron chi connectivity index (χ1n) is 10.5. The number of para-hydroxylation sites is 1. The molecule has 0 unspecified atom stereocenters. The minimum absolute atomic E-state index is 0.0580. The van der Waals surface area contributed by atoms with E-state index in [1.54, 1.807) is 23.1 Å². The summed E-state index contributed by atoms with van der Waals surface area (Å²) in [6.07, 6.45) is 0.140. The van der Waals surface area contributed by atoms with Crippen molar-refractivity contribution in [1.29, 1.82) is 0 Å². The van der Waals surface area contributed by atoms with Gasteiger partial charge in [-0.2, -0.15) is 13.2 Å². The fourth-order valence-corrected chi connectivity index (χ4v) is 4.16. The zero-order chi connectivity index (χ0) is 22.7. The second-order valence-corrected chi connectivity index (χ2v) is 7.83. The van der Waals surface area contributed by atoms with Crippen LogP contribution in [0.3, 0.4) is 0 Å². The van der Waals surface area contributed by atoms with E-state index < -0.39 is 17.6 Å². The van der Waals surface area contributed by atoms with E-state index in [-0.39, 0.29) is 30.9 Å². The summed E-state index contributed by atoms with van der Waals surface area (Å²) in [6, 6.07) is 9.35. The van der Waals surface area contributed by atoms with Gasteiger partial charge in [0.15, 0.2) is 11.5 Å². The third-order valence-electron chi connectivity index (χ3n) is 5.70. The number of halogens is 3. The molecule has 0 radical (unpaired) electrons. The topological polar surface area (TPSA) is 67.9 Å². The number of hydrogen-bond acceptors (Lipinski definition) is 4. The molecule has 1 fully saturated rings. The normalized spacial score (nSPS) is 16.0. The molecule has 1 N–H and O–H groups in total. The number of carbonyl (C=O) groups is 2. The number of alkyl halides is 3. The van der Waals surface area contributed by atoms with Gasteiger partial charge in [0.25, 0.3) is 5.91 Å². The average molecular weight is 448 g/mol. The van der Waals surface area contributed by atoms with E-state index in [0.717, 1.165) is 44.2 Å². The third-order valence-corrected chi connectivity index (χ3v) is 5.70. The molecule has 2 aromatic rings. The highest BCUT2D eigenvalue weighted by Gasteiger charge is 2.33. The predicted octanol–water partition coefficient (Wildman–Crippen LogP) is 4.53. The van der Waals surface area contributed by atoms with Crippen molar-refractivity contribution in [1.82, 2.24) is 5.32 Å². The minimum Gasteiger partial charge on any atom is -0.454 e. The molecule has 0 spiro atoms. The number of carbonyl (C=O) groups excluding carboxylic acids is 2. The van der Waals surface area contributed by atoms with Gasteiger partial charge in [-0.1, -0.05) is 31.4 Å². The Kier molecular flexibility index (Phi) is 6.25. The fourth-order valence-electron chi connectivity index (χ4n) is 4.16. The Morgan fingerprint density at radius 3 is 2.53 bits per heavy atom. The molecular weight excluding hydrogens is 425 g/mol. The summed E-state index contributed by atoms with van der Waals surface area (Å²) in [5.41, 5.74) is -0.503. The maximum atomic E-state index is 13.2. The van der Waals surface area contributed by atoms with E-state index >= 15 is 0 Å². The zero-order valence-electron chi connectivity index (χ0n) is 17.3. The zero-order valence-corrected chi connectivity index (χ0v) is 17.3. The summed E-state index contributed by atoms with van der Waals surface area (Å²) < 4.78 is 49.8. The van der Waals surface area contributed by atoms with E-state index in [4.69, 9.17) is 9.47 Å². The molecule has 0 bridgehead atoms. The van der Waals surface area contributed by atoms with Crippen molar-refractivity contribution in [2.45, 2.75) is 44.3 Å². The Morgan fingerprint density at radius 1 is 1.03 bits per heavy atom. The van der Waals surface area contributed by atoms with Crippen LogP contribution in [-0.2, 0) is 11.0 Å². The van der Waals surface area contributed by atoms with Gasteiger partial charge in [0.1, 0.15) is 0 Å². The lowest BCUT2D eigenvalue weighted by Gasteiger charge is -2.35. The van der Waals surface area contributed by atoms with Gasteiger partial charge in [-0.15, -0.1) is 0 Å². The molecule has 2 aliphatic rings. The first kappa shape index (κ1) is 22.0. The van der Waals surface area contributed by atoms with Gasteiger partial charge in [0.05, 0.1) is 17.8 Å². The van der Waals surface area contributed by atoms with E-state index in [0.29, 0.717) is 17.2 Å². The number of hydrogen-bond donors (Lipinski definition) is 1. The van der Waals surface area contributed by atoms with Crippen molar-refractivity contribution in [3.05, 3.63) is 53.6 Å². The van der Waals surface area contributed by atoms with Gasteiger partial charge in [-0.05, 0) is 43.2 Å². The van der Waals surface area contributed by atoms with Crippen LogP contribution in [-0.4, -0.2) is 31.2 Å². The summed E-state index contributed by atoms with van der Waals surface area (Å²) in [4.78, 5) is 27.3. The summed E-state index contributed by atoms with van der Waals surface area (Å²) in [5.74, 6) is -0.0771. The van der Waals surface area contributed by atoms with Gasteiger partial charge in [0, 0.05) is 11.6 Å². The molecule has 1 aliphatic carbocycles. The standard InChI is InChI=1S/C23H23F3N2O4/c24-23(25,26)16-7-4-6-15(12-16)22(30)27-13-20(29)28(17-8-2-1-3-9-17)18-10-5-11-19-21(18)32-14-31-19/h4-7,10-12,17H,1-3,8-9,13-14H2,(H,27,30). The van der Waals surface area contributed by atoms with E-state index in [9.17, 15) is 22.8 Å². The van der Waals surface area contributed by atoms with Crippen LogP contribution in [0.1, 0.15) is 48.0 Å². The maximum Gasteiger partial charge on any atom is 0.416 e. The van der Waals surface area contributed by atoms with E-state index in [1.165, 1.54) is 12.1 Å². The van der Waals surface area contributed by atoms with Gasteiger partial charge >= 0.3 is 6.18 Å². The summed E-state index contributed by atoms with van der Waals surface area (Å²) in [7, 11) is 0. The van der Waals surface area contributed by atoms with Gasteiger partial charge in [0.2, 0.25) is 12.7 Å². The highest BCUT2D eigenvalue weighted by atomic mass is 19.4. The van der Waals surface area contributed by atoms with Gasteiger partial charge in [-0.25, -0.2) is 0 Å². The van der Waals surface area contributed by atoms with Crippen LogP contribution >= 0.6 is 0 Å². The monoisotopic (exact) mass is 448 g/mol. The number of amides is 2. The molecule has 0 saturated heterocycles. The average Bonchev–Trinajstić information content (AvgIpc) is 3.28. The Balaban J connectivity index is 1.52. The number of nitrogens with one attached hydrogen (secondary N) is 1. The molecule has 32 heavy (non-hydrogen) atoms. The lowest BCUT2D eigenvalue weighted by Crippen LogP contribution is -2.46. The predicted molar refractivity (Wildman–Crippen MR) is 111 cm³/mol. The molecule has 2 aromatic carbocycles. The van der Waals surface area contributed by atoms with Crippen molar-refractivity contribution >= 4 is 17.5 Å². The van der Waals surface area contributed by atoms with Crippen molar-refractivity contribution in [3.63, 3.8) is 0 Å². The van der Waals surface area contributed by atoms with Crippen LogP contribution in [0.15, 0.2) is 42.5 Å². The molecule has 4 rings (SSSR count). The SMILES string of the molecule is O=C(NCC(=O)N(c1cccc2c1OCO2)C1CCCCC1)c1cccc(C(F)(F)F)c1. The Labute approximate surface area is 183 Å². The molecule has 1 saturated carbocycles. The highest BCUT2D eigenvalue weighted by molar-refractivity contribution is 6.01. The van der Waals surface area contributed by atoms with Crippen LogP contribution < -0.4 is 19.7 Å². The van der Waals surface area contributed by atoms with Crippen molar-refractivity contribution in [3.8, 4) is 11.5 Å². The van der Waals surface area contributed by atoms with E-state index in [1.807, 2.05) is 0 Å². The number of nitrogens with zero attached hydrogens (tertiary/aromatic N) is 1. The quantitative estimate of drug-likeness (QED) is 0.730. The second kappa shape index (κ2) is 9.10. The Bertz CT molecular complexity index is 1000. The molecule has 2 amide bonds. The van der Waals surface area contributed by atoms with Crippen LogP contribution in [0.2, 0.25) is 0 Å². The van der Waals surface area contributed by atoms with Crippen molar-refractivity contribution in [2.24, 2.45) is 0 Å². The van der Waals surface area contributed by atoms with E-state index in [2.05, 4.69) is 5.32 Å². The summed E-state index contributed by atoms with van der Waals surface area (Å²) >= 11 is 0. The van der Waals surface area contributed by atoms with Crippen LogP contribution in [0.5, 0.6) is 11.5 Å².